The van der Waals surface area contributed by atoms with Gasteiger partial charge in [0.05, 0.1) is 16.9 Å². The minimum atomic E-state index is -1.06. The molecule has 1 aromatic heterocycles. The normalized spacial score (nSPS) is 23.1. The second kappa shape index (κ2) is 9.55. The molecule has 1 saturated heterocycles. The molecular formula is C28H27N3O5S. The van der Waals surface area contributed by atoms with Gasteiger partial charge < -0.3 is 10.6 Å². The molecule has 2 N–H and O–H groups in total. The number of non-ortho nitro benzene ring substituents is 1. The van der Waals surface area contributed by atoms with Gasteiger partial charge in [0.25, 0.3) is 5.69 Å². The number of primary amides is 1. The number of carbonyl (C=O) groups is 3. The van der Waals surface area contributed by atoms with Gasteiger partial charge >= 0.3 is 0 Å². The summed E-state index contributed by atoms with van der Waals surface area (Å²) in [6, 6.07) is 13.2. The van der Waals surface area contributed by atoms with E-state index in [1.807, 2.05) is 37.4 Å². The summed E-state index contributed by atoms with van der Waals surface area (Å²) < 4.78 is 0. The van der Waals surface area contributed by atoms with Crippen molar-refractivity contribution in [2.24, 2.45) is 17.6 Å². The first kappa shape index (κ1) is 24.8. The number of hydrogen-bond donors (Lipinski definition) is 1. The van der Waals surface area contributed by atoms with E-state index >= 15 is 0 Å². The molecule has 1 saturated carbocycles. The number of amides is 2. The van der Waals surface area contributed by atoms with E-state index in [0.29, 0.717) is 24.0 Å². The number of nitro groups is 1. The Hall–Kier alpha value is -3.85. The van der Waals surface area contributed by atoms with E-state index in [4.69, 9.17) is 5.73 Å². The molecule has 4 unspecified atom stereocenters. The summed E-state index contributed by atoms with van der Waals surface area (Å²) in [6.07, 6.45) is 1.39. The number of nitrogens with zero attached hydrogens (tertiary/aromatic N) is 2. The molecule has 2 aromatic carbocycles. The number of rotatable bonds is 7. The van der Waals surface area contributed by atoms with E-state index in [1.165, 1.54) is 28.4 Å². The summed E-state index contributed by atoms with van der Waals surface area (Å²) in [4.78, 5) is 54.7. The van der Waals surface area contributed by atoms with Crippen LogP contribution in [0.3, 0.4) is 0 Å². The highest BCUT2D eigenvalue weighted by Crippen LogP contribution is 2.54. The minimum Gasteiger partial charge on any atom is -0.368 e. The minimum absolute atomic E-state index is 0.148. The Morgan fingerprint density at radius 2 is 1.76 bits per heavy atom. The predicted octanol–water partition coefficient (Wildman–Crippen LogP) is 4.70. The molecule has 9 heteroatoms. The van der Waals surface area contributed by atoms with E-state index in [-0.39, 0.29) is 23.3 Å². The number of nitrogens with two attached hydrogens (primary N) is 1. The third kappa shape index (κ3) is 4.33. The Balaban J connectivity index is 1.78. The van der Waals surface area contributed by atoms with Crippen molar-refractivity contribution >= 4 is 34.6 Å². The van der Waals surface area contributed by atoms with Gasteiger partial charge in [0.1, 0.15) is 6.04 Å². The van der Waals surface area contributed by atoms with Crippen LogP contribution in [0.1, 0.15) is 56.7 Å². The Morgan fingerprint density at radius 1 is 1.03 bits per heavy atom. The molecule has 4 atom stereocenters. The van der Waals surface area contributed by atoms with Crippen LogP contribution in [0, 0.1) is 35.8 Å². The summed E-state index contributed by atoms with van der Waals surface area (Å²) in [5.74, 6) is -2.94. The van der Waals surface area contributed by atoms with Crippen LogP contribution in [0.25, 0.3) is 0 Å². The number of likely N-dealkylation sites (tertiary alicyclic amines) is 1. The van der Waals surface area contributed by atoms with Crippen molar-refractivity contribution in [3.05, 3.63) is 97.2 Å². The zero-order chi connectivity index (χ0) is 26.4. The first-order valence-electron chi connectivity index (χ1n) is 12.2. The van der Waals surface area contributed by atoms with Crippen LogP contribution in [0.15, 0.2) is 60.0 Å². The maximum absolute atomic E-state index is 14.4. The molecule has 0 spiro atoms. The molecule has 2 heterocycles. The summed E-state index contributed by atoms with van der Waals surface area (Å²) in [5.41, 5.74) is 8.46. The zero-order valence-electron chi connectivity index (χ0n) is 20.5. The Morgan fingerprint density at radius 3 is 2.35 bits per heavy atom. The lowest BCUT2D eigenvalue weighted by molar-refractivity contribution is -0.385. The standard InChI is InChI=1S/C28H27N3O5S/c1-15-6-3-4-9-20(15)25(32)21-22(26-16(2)12-13-37-26)24(27(29)33)30(28(34)17-10-11-17)23(21)18-7-5-8-19(14-18)31(35)36/h3-9,12-14,17,21-24H,10-11H2,1-2H3,(H2,29,33). The van der Waals surface area contributed by atoms with Crippen molar-refractivity contribution in [2.45, 2.75) is 44.7 Å². The molecule has 0 radical (unpaired) electrons. The molecule has 0 bridgehead atoms. The van der Waals surface area contributed by atoms with Crippen molar-refractivity contribution in [3.63, 3.8) is 0 Å². The van der Waals surface area contributed by atoms with Gasteiger partial charge in [0.15, 0.2) is 5.78 Å². The summed E-state index contributed by atoms with van der Waals surface area (Å²) in [5, 5.41) is 13.5. The second-order valence-corrected chi connectivity index (χ2v) is 10.8. The zero-order valence-corrected chi connectivity index (χ0v) is 21.3. The molecule has 2 fully saturated rings. The second-order valence-electron chi connectivity index (χ2n) is 9.86. The van der Waals surface area contributed by atoms with Gasteiger partial charge in [0, 0.05) is 34.4 Å². The van der Waals surface area contributed by atoms with E-state index in [1.54, 1.807) is 24.3 Å². The van der Waals surface area contributed by atoms with Gasteiger partial charge in [-0.1, -0.05) is 36.4 Å². The number of thiophene rings is 1. The molecule has 3 aromatic rings. The Kier molecular flexibility index (Phi) is 6.41. The van der Waals surface area contributed by atoms with Crippen LogP contribution in [0.2, 0.25) is 0 Å². The average molecular weight is 518 g/mol. The van der Waals surface area contributed by atoms with Gasteiger partial charge in [0.2, 0.25) is 11.8 Å². The van der Waals surface area contributed by atoms with Crippen LogP contribution in [-0.2, 0) is 9.59 Å². The molecular weight excluding hydrogens is 490 g/mol. The highest BCUT2D eigenvalue weighted by Gasteiger charge is 2.59. The van der Waals surface area contributed by atoms with E-state index in [0.717, 1.165) is 16.0 Å². The first-order chi connectivity index (χ1) is 17.7. The summed E-state index contributed by atoms with van der Waals surface area (Å²) >= 11 is 1.43. The number of hydrogen-bond acceptors (Lipinski definition) is 6. The molecule has 37 heavy (non-hydrogen) atoms. The quantitative estimate of drug-likeness (QED) is 0.276. The van der Waals surface area contributed by atoms with Crippen LogP contribution >= 0.6 is 11.3 Å². The number of benzene rings is 2. The smallest absolute Gasteiger partial charge is 0.269 e. The molecule has 2 aliphatic rings. The van der Waals surface area contributed by atoms with Gasteiger partial charge in [-0.25, -0.2) is 0 Å². The lowest BCUT2D eigenvalue weighted by Gasteiger charge is -2.31. The van der Waals surface area contributed by atoms with Crippen molar-refractivity contribution in [1.82, 2.24) is 4.90 Å². The fourth-order valence-corrected chi connectivity index (χ4v) is 6.70. The van der Waals surface area contributed by atoms with Crippen LogP contribution in [0.5, 0.6) is 0 Å². The van der Waals surface area contributed by atoms with Gasteiger partial charge in [-0.15, -0.1) is 11.3 Å². The monoisotopic (exact) mass is 517 g/mol. The highest BCUT2D eigenvalue weighted by atomic mass is 32.1. The molecule has 5 rings (SSSR count). The van der Waals surface area contributed by atoms with Crippen molar-refractivity contribution < 1.29 is 19.3 Å². The van der Waals surface area contributed by atoms with Crippen molar-refractivity contribution in [1.29, 1.82) is 0 Å². The maximum atomic E-state index is 14.4. The highest BCUT2D eigenvalue weighted by molar-refractivity contribution is 7.10. The van der Waals surface area contributed by atoms with Gasteiger partial charge in [-0.05, 0) is 54.8 Å². The number of nitro benzene ring substituents is 1. The van der Waals surface area contributed by atoms with E-state index in [2.05, 4.69) is 0 Å². The number of carbonyl (C=O) groups excluding carboxylic acids is 3. The lowest BCUT2D eigenvalue weighted by atomic mass is 9.77. The third-order valence-electron chi connectivity index (χ3n) is 7.48. The van der Waals surface area contributed by atoms with Crippen LogP contribution in [-0.4, -0.2) is 33.5 Å². The van der Waals surface area contributed by atoms with E-state index in [9.17, 15) is 24.5 Å². The predicted molar refractivity (Wildman–Crippen MR) is 139 cm³/mol. The fourth-order valence-electron chi connectivity index (χ4n) is 5.60. The maximum Gasteiger partial charge on any atom is 0.269 e. The van der Waals surface area contributed by atoms with Gasteiger partial charge in [-0.3, -0.25) is 24.5 Å². The lowest BCUT2D eigenvalue weighted by Crippen LogP contribution is -2.47. The molecule has 2 amide bonds. The summed E-state index contributed by atoms with van der Waals surface area (Å²) in [7, 11) is 0. The number of ketones is 1. The van der Waals surface area contributed by atoms with Crippen LogP contribution in [0.4, 0.5) is 5.69 Å². The molecule has 190 valence electrons. The number of Topliss-reactive ketones (excluding diaryl/α,β-unsaturated/α-hetero) is 1. The van der Waals surface area contributed by atoms with Crippen molar-refractivity contribution in [2.75, 3.05) is 0 Å². The van der Waals surface area contributed by atoms with Crippen molar-refractivity contribution in [3.8, 4) is 0 Å². The topological polar surface area (TPSA) is 124 Å². The number of aryl methyl sites for hydroxylation is 2. The first-order valence-corrected chi connectivity index (χ1v) is 13.1. The Bertz CT molecular complexity index is 1410. The molecule has 1 aliphatic heterocycles. The third-order valence-corrected chi connectivity index (χ3v) is 8.60. The molecule has 8 nitrogen and oxygen atoms in total. The molecule has 1 aliphatic carbocycles. The fraction of sp³-hybridized carbons (Fsp3) is 0.321. The Labute approximate surface area is 218 Å². The SMILES string of the molecule is Cc1ccccc1C(=O)C1C(c2sccc2C)C(C(N)=O)N(C(=O)C2CC2)C1c1cccc([N+](=O)[O-])c1. The summed E-state index contributed by atoms with van der Waals surface area (Å²) in [6.45, 7) is 3.75. The van der Waals surface area contributed by atoms with E-state index < -0.39 is 34.7 Å². The van der Waals surface area contributed by atoms with Gasteiger partial charge in [-0.2, -0.15) is 0 Å². The van der Waals surface area contributed by atoms with Crippen LogP contribution < -0.4 is 5.73 Å². The largest absolute Gasteiger partial charge is 0.368 e. The average Bonchev–Trinajstić information content (AvgIpc) is 3.55.